The quantitative estimate of drug-likeness (QED) is 0.272. The lowest BCUT2D eigenvalue weighted by Gasteiger charge is -3.11. The Kier molecular flexibility index (Phi) is 3.61. The van der Waals surface area contributed by atoms with Gasteiger partial charge in [0, 0.05) is 32.1 Å². The SMILES string of the molecule is CC(=O)NC12C3C4C1C1C2C3C41CNC(=O)c1cc(C(=O)NCc2ccc3oc(=O)[nH]c3c2)nc2ccnn12. The highest BCUT2D eigenvalue weighted by Crippen LogP contribution is 3.06. The van der Waals surface area contributed by atoms with E-state index in [1.165, 1.54) is 10.6 Å². The zero-order chi connectivity index (χ0) is 26.4. The van der Waals surface area contributed by atoms with Gasteiger partial charge in [0.25, 0.3) is 11.8 Å². The maximum atomic E-state index is 13.4. The highest BCUT2D eigenvalue weighted by Gasteiger charge is 3.09. The second-order valence-electron chi connectivity index (χ2n) is 11.7. The summed E-state index contributed by atoms with van der Waals surface area (Å²) in [4.78, 5) is 56.4. The number of carbonyl (C=O) groups excluding carboxylic acids is 3. The largest absolute Gasteiger partial charge is 0.417 e. The number of H-pyrrole nitrogens is 1. The van der Waals surface area contributed by atoms with Crippen molar-refractivity contribution in [1.29, 1.82) is 0 Å². The average Bonchev–Trinajstić information content (AvgIpc) is 3.55. The topological polar surface area (TPSA) is 163 Å². The van der Waals surface area contributed by atoms with Crippen LogP contribution in [0.5, 0.6) is 0 Å². The number of nitrogens with one attached hydrogen (secondary N) is 4. The van der Waals surface area contributed by atoms with E-state index in [2.05, 4.69) is 31.0 Å². The molecule has 0 spiro atoms. The molecule has 6 aliphatic rings. The summed E-state index contributed by atoms with van der Waals surface area (Å²) in [5.74, 6) is 2.36. The first kappa shape index (κ1) is 21.5. The highest BCUT2D eigenvalue weighted by molar-refractivity contribution is 5.98. The summed E-state index contributed by atoms with van der Waals surface area (Å²) in [6.07, 6.45) is 1.54. The van der Waals surface area contributed by atoms with Gasteiger partial charge in [0.15, 0.2) is 11.2 Å². The van der Waals surface area contributed by atoms with E-state index in [0.717, 1.165) is 5.56 Å². The third kappa shape index (κ3) is 2.22. The fourth-order valence-corrected chi connectivity index (χ4v) is 9.56. The van der Waals surface area contributed by atoms with E-state index >= 15 is 0 Å². The van der Waals surface area contributed by atoms with Crippen LogP contribution in [0.15, 0.2) is 45.7 Å². The van der Waals surface area contributed by atoms with Crippen LogP contribution in [0.4, 0.5) is 0 Å². The number of aromatic nitrogens is 4. The zero-order valence-electron chi connectivity index (χ0n) is 20.7. The second-order valence-corrected chi connectivity index (χ2v) is 11.7. The van der Waals surface area contributed by atoms with Gasteiger partial charge in [0.2, 0.25) is 5.91 Å². The van der Waals surface area contributed by atoms with Crippen LogP contribution in [-0.4, -0.2) is 49.4 Å². The molecule has 12 heteroatoms. The van der Waals surface area contributed by atoms with E-state index in [0.29, 0.717) is 58.8 Å². The van der Waals surface area contributed by atoms with E-state index in [1.807, 2.05) is 0 Å². The van der Waals surface area contributed by atoms with Crippen LogP contribution in [0.2, 0.25) is 0 Å². The Labute approximate surface area is 219 Å². The molecule has 12 nitrogen and oxygen atoms in total. The highest BCUT2D eigenvalue weighted by atomic mass is 16.4. The zero-order valence-corrected chi connectivity index (χ0v) is 20.7. The molecular weight excluding hydrogens is 502 g/mol. The molecule has 0 atom stereocenters. The molecule has 10 rings (SSSR count). The number of oxazole rings is 1. The first-order valence-electron chi connectivity index (χ1n) is 13.2. The number of nitrogens with zero attached hydrogens (tertiary/aromatic N) is 3. The van der Waals surface area contributed by atoms with Gasteiger partial charge in [-0.2, -0.15) is 5.10 Å². The Morgan fingerprint density at radius 2 is 1.79 bits per heavy atom. The van der Waals surface area contributed by atoms with Crippen molar-refractivity contribution in [2.24, 2.45) is 40.9 Å². The fraction of sp³-hybridized carbons (Fsp3) is 0.407. The number of hydrogen-bond donors (Lipinski definition) is 4. The fourth-order valence-electron chi connectivity index (χ4n) is 9.56. The van der Waals surface area contributed by atoms with Gasteiger partial charge in [-0.1, -0.05) is 6.07 Å². The lowest BCUT2D eigenvalue weighted by atomic mass is 8.94. The van der Waals surface area contributed by atoms with Gasteiger partial charge in [-0.05, 0) is 58.6 Å². The molecule has 0 saturated heterocycles. The molecule has 6 fully saturated rings. The predicted molar refractivity (Wildman–Crippen MR) is 133 cm³/mol. The predicted octanol–water partition coefficient (Wildman–Crippen LogP) is 0.450. The molecule has 39 heavy (non-hydrogen) atoms. The minimum atomic E-state index is -0.538. The maximum Gasteiger partial charge on any atom is 0.417 e. The van der Waals surface area contributed by atoms with Gasteiger partial charge >= 0.3 is 5.76 Å². The van der Waals surface area contributed by atoms with E-state index < -0.39 is 11.7 Å². The summed E-state index contributed by atoms with van der Waals surface area (Å²) in [7, 11) is 0. The van der Waals surface area contributed by atoms with E-state index in [4.69, 9.17) is 4.42 Å². The third-order valence-electron chi connectivity index (χ3n) is 10.5. The average molecular weight is 526 g/mol. The van der Waals surface area contributed by atoms with Crippen LogP contribution in [-0.2, 0) is 11.3 Å². The summed E-state index contributed by atoms with van der Waals surface area (Å²) in [5, 5.41) is 13.4. The number of carbonyl (C=O) groups is 3. The number of fused-ring (bicyclic) bond motifs is 2. The molecule has 3 aromatic heterocycles. The first-order chi connectivity index (χ1) is 18.8. The summed E-state index contributed by atoms with van der Waals surface area (Å²) in [6.45, 7) is 2.41. The number of benzene rings is 1. The second kappa shape index (κ2) is 6.56. The molecule has 3 heterocycles. The van der Waals surface area contributed by atoms with Crippen molar-refractivity contribution in [2.45, 2.75) is 19.0 Å². The Hall–Kier alpha value is -4.48. The van der Waals surface area contributed by atoms with Gasteiger partial charge in [0.05, 0.1) is 17.3 Å². The van der Waals surface area contributed by atoms with Crippen molar-refractivity contribution in [3.05, 3.63) is 64.0 Å². The summed E-state index contributed by atoms with van der Waals surface area (Å²) in [6, 6.07) is 8.27. The maximum absolute atomic E-state index is 13.4. The minimum Gasteiger partial charge on any atom is -0.408 e. The van der Waals surface area contributed by atoms with Crippen LogP contribution >= 0.6 is 0 Å². The van der Waals surface area contributed by atoms with Crippen LogP contribution in [0.3, 0.4) is 0 Å². The van der Waals surface area contributed by atoms with Crippen LogP contribution in [0.25, 0.3) is 16.7 Å². The van der Waals surface area contributed by atoms with E-state index in [-0.39, 0.29) is 40.7 Å². The van der Waals surface area contributed by atoms with Crippen molar-refractivity contribution < 1.29 is 18.8 Å². The van der Waals surface area contributed by atoms with Gasteiger partial charge in [-0.3, -0.25) is 19.4 Å². The molecular formula is C27H23N7O5. The molecule has 4 N–H and O–H groups in total. The number of amides is 3. The Morgan fingerprint density at radius 3 is 2.54 bits per heavy atom. The van der Waals surface area contributed by atoms with Crippen molar-refractivity contribution in [3.63, 3.8) is 0 Å². The Morgan fingerprint density at radius 1 is 1.03 bits per heavy atom. The van der Waals surface area contributed by atoms with Gasteiger partial charge in [-0.25, -0.2) is 14.3 Å². The first-order valence-corrected chi connectivity index (χ1v) is 13.2. The molecule has 1 aromatic carbocycles. The lowest BCUT2D eigenvalue weighted by molar-refractivity contribution is -0.622. The van der Waals surface area contributed by atoms with E-state index in [1.54, 1.807) is 37.4 Å². The summed E-state index contributed by atoms with van der Waals surface area (Å²) in [5.41, 5.74) is 2.78. The van der Waals surface area contributed by atoms with Gasteiger partial charge < -0.3 is 20.4 Å². The summed E-state index contributed by atoms with van der Waals surface area (Å²) < 4.78 is 6.46. The molecule has 6 aliphatic carbocycles. The molecule has 196 valence electrons. The van der Waals surface area contributed by atoms with E-state index in [9.17, 15) is 19.2 Å². The standard InChI is InChI=1S/C27H23N7O5/c1-10(35)33-27-20-17-21(27)19-22(27)18(20)26(17,19)9-29-24(37)14-7-13(31-16-4-5-30-34(14)16)23(36)28-8-11-2-3-15-12(6-11)32-25(38)39-15/h2-7,17-22H,8-9H2,1H3,(H,28,36)(H,29,37)(H,32,38)(H,33,35). The third-order valence-corrected chi connectivity index (χ3v) is 10.5. The Balaban J connectivity index is 0.907. The van der Waals surface area contributed by atoms with Crippen LogP contribution in [0, 0.1) is 40.9 Å². The smallest absolute Gasteiger partial charge is 0.408 e. The lowest BCUT2D eigenvalue weighted by Crippen LogP contribution is -3.15. The number of aromatic amines is 1. The van der Waals surface area contributed by atoms with Crippen molar-refractivity contribution in [2.75, 3.05) is 6.54 Å². The number of hydrogen-bond acceptors (Lipinski definition) is 7. The van der Waals surface area contributed by atoms with Gasteiger partial charge in [0.1, 0.15) is 11.4 Å². The Bertz CT molecular complexity index is 1810. The molecule has 0 unspecified atom stereocenters. The monoisotopic (exact) mass is 525 g/mol. The van der Waals surface area contributed by atoms with Crippen molar-refractivity contribution in [3.8, 4) is 0 Å². The molecule has 0 radical (unpaired) electrons. The number of rotatable bonds is 7. The normalized spacial score (nSPS) is 35.1. The van der Waals surface area contributed by atoms with Gasteiger partial charge in [-0.15, -0.1) is 0 Å². The molecule has 0 bridgehead atoms. The molecule has 6 saturated carbocycles. The molecule has 4 aromatic rings. The van der Waals surface area contributed by atoms with Crippen LogP contribution in [0.1, 0.15) is 33.5 Å². The minimum absolute atomic E-state index is 0.0594. The molecule has 3 amide bonds. The molecule has 0 aliphatic heterocycles. The van der Waals surface area contributed by atoms with Crippen molar-refractivity contribution in [1.82, 2.24) is 35.5 Å². The van der Waals surface area contributed by atoms with Crippen molar-refractivity contribution >= 4 is 34.5 Å². The van der Waals surface area contributed by atoms with Crippen LogP contribution < -0.4 is 21.7 Å². The summed E-state index contributed by atoms with van der Waals surface area (Å²) >= 11 is 0.